The van der Waals surface area contributed by atoms with Gasteiger partial charge in [0.1, 0.15) is 0 Å². The van der Waals surface area contributed by atoms with Gasteiger partial charge in [0.2, 0.25) is 0 Å². The van der Waals surface area contributed by atoms with Crippen molar-refractivity contribution in [3.05, 3.63) is 157 Å². The van der Waals surface area contributed by atoms with E-state index in [1.54, 1.807) is 42.5 Å². The highest BCUT2D eigenvalue weighted by atomic mass is 14.2. The highest BCUT2D eigenvalue weighted by Gasteiger charge is 2.18. The van der Waals surface area contributed by atoms with Crippen LogP contribution in [0.1, 0.15) is 16.4 Å². The molecule has 0 unspecified atom stereocenters. The van der Waals surface area contributed by atoms with Gasteiger partial charge in [-0.05, 0) is 82.5 Å². The number of hydrogen-bond acceptors (Lipinski definition) is 0. The molecule has 0 heteroatoms. The maximum absolute atomic E-state index is 9.27. The van der Waals surface area contributed by atoms with E-state index in [1.807, 2.05) is 42.5 Å². The Morgan fingerprint density at radius 3 is 1.82 bits per heavy atom. The summed E-state index contributed by atoms with van der Waals surface area (Å²) >= 11 is 0. The molecule has 0 N–H and O–H groups in total. The second kappa shape index (κ2) is 9.22. The largest absolute Gasteiger partial charge is 0.0629 e. The molecule has 0 saturated carbocycles. The summed E-state index contributed by atoms with van der Waals surface area (Å²) in [6.45, 7) is 0. The molecule has 8 aromatic rings. The number of rotatable bonds is 3. The van der Waals surface area contributed by atoms with E-state index in [0.29, 0.717) is 43.8 Å². The minimum absolute atomic E-state index is 0.0344. The summed E-state index contributed by atoms with van der Waals surface area (Å²) in [5, 5.41) is 3.55. The predicted octanol–water partition coefficient (Wildman–Crippen LogP) is 11.3. The van der Waals surface area contributed by atoms with Crippen LogP contribution in [0.3, 0.4) is 0 Å². The lowest BCUT2D eigenvalue weighted by molar-refractivity contribution is 1.65. The third-order valence-corrected chi connectivity index (χ3v) is 7.42. The van der Waals surface area contributed by atoms with Crippen molar-refractivity contribution in [1.82, 2.24) is 0 Å². The molecule has 0 nitrogen and oxygen atoms in total. The summed E-state index contributed by atoms with van der Waals surface area (Å²) in [6.07, 6.45) is 0. The minimum Gasteiger partial charge on any atom is -0.0622 e. The van der Waals surface area contributed by atoms with E-state index in [-0.39, 0.29) is 40.0 Å². The molecule has 0 fully saturated rings. The van der Waals surface area contributed by atoms with E-state index in [9.17, 15) is 4.11 Å². The topological polar surface area (TPSA) is 0 Å². The van der Waals surface area contributed by atoms with E-state index in [4.69, 9.17) is 12.3 Å². The summed E-state index contributed by atoms with van der Waals surface area (Å²) in [4.78, 5) is 0. The molecule has 0 saturated heterocycles. The Morgan fingerprint density at radius 1 is 0.350 bits per heavy atom. The van der Waals surface area contributed by atoms with Crippen molar-refractivity contribution in [3.63, 3.8) is 0 Å². The highest BCUT2D eigenvalue weighted by Crippen LogP contribution is 2.46. The molecule has 0 aromatic heterocycles. The van der Waals surface area contributed by atoms with Gasteiger partial charge in [-0.25, -0.2) is 0 Å². The predicted molar refractivity (Wildman–Crippen MR) is 173 cm³/mol. The Labute approximate surface area is 250 Å². The number of fused-ring (bicyclic) bond motifs is 4. The van der Waals surface area contributed by atoms with Gasteiger partial charge in [0.25, 0.3) is 0 Å². The second-order valence-corrected chi connectivity index (χ2v) is 9.59. The van der Waals surface area contributed by atoms with Crippen LogP contribution in [0, 0.1) is 0 Å². The molecule has 40 heavy (non-hydrogen) atoms. The molecular weight excluding hydrogens is 480 g/mol. The zero-order valence-corrected chi connectivity index (χ0v) is 21.1. The standard InChI is InChI=1S/C40H26/c1-2-13-28(14-3-1)39-35-16-6-8-18-37(35)40(38-19-9-7-17-36(38)39)34-23-11-21-32-31(20-10-22-33(32)34)30-25-24-27-12-4-5-15-29(27)26-30/h1-26H/i1D,2D,3D,6D,8D,10D,13D,14D,16D,18D,20D,22D. The van der Waals surface area contributed by atoms with Crippen molar-refractivity contribution >= 4 is 43.1 Å². The van der Waals surface area contributed by atoms with E-state index in [2.05, 4.69) is 0 Å². The lowest BCUT2D eigenvalue weighted by atomic mass is 9.84. The summed E-state index contributed by atoms with van der Waals surface area (Å²) in [6, 6.07) is 20.2. The fraction of sp³-hybridized carbons (Fsp3) is 0. The van der Waals surface area contributed by atoms with Crippen molar-refractivity contribution in [2.75, 3.05) is 0 Å². The molecule has 0 aliphatic carbocycles. The lowest BCUT2D eigenvalue weighted by Crippen LogP contribution is -1.92. The van der Waals surface area contributed by atoms with Crippen molar-refractivity contribution in [1.29, 1.82) is 0 Å². The summed E-state index contributed by atoms with van der Waals surface area (Å²) < 4.78 is 106. The molecule has 186 valence electrons. The SMILES string of the molecule is [2H]c1c([2H])c([2H])c(-c2c3ccccc3c(-c3cccc4c(-c5ccc6ccccc6c5)c([2H])c([2H])c([2H])c34)c3c([2H])c([2H])c([2H])c([2H])c23)c([2H])c1[2H]. The minimum atomic E-state index is -0.591. The summed E-state index contributed by atoms with van der Waals surface area (Å²) in [7, 11) is 0. The van der Waals surface area contributed by atoms with Crippen LogP contribution in [0.25, 0.3) is 76.5 Å². The zero-order chi connectivity index (χ0) is 36.9. The lowest BCUT2D eigenvalue weighted by Gasteiger charge is -2.19. The van der Waals surface area contributed by atoms with Crippen LogP contribution in [0.15, 0.2) is 157 Å². The molecule has 0 atom stereocenters. The first-order chi connectivity index (χ1) is 24.8. The van der Waals surface area contributed by atoms with Gasteiger partial charge >= 0.3 is 0 Å². The van der Waals surface area contributed by atoms with Crippen molar-refractivity contribution in [2.24, 2.45) is 0 Å². The fourth-order valence-corrected chi connectivity index (χ4v) is 5.69. The van der Waals surface area contributed by atoms with Crippen LogP contribution < -0.4 is 0 Å². The monoisotopic (exact) mass is 518 g/mol. The van der Waals surface area contributed by atoms with Gasteiger partial charge < -0.3 is 0 Å². The summed E-state index contributed by atoms with van der Waals surface area (Å²) in [5.41, 5.74) is 1.69. The Morgan fingerprint density at radius 2 is 1.00 bits per heavy atom. The second-order valence-electron chi connectivity index (χ2n) is 9.59. The van der Waals surface area contributed by atoms with Crippen LogP contribution >= 0.6 is 0 Å². The Kier molecular flexibility index (Phi) is 3.17. The molecule has 8 aromatic carbocycles. The molecule has 0 aliphatic rings. The maximum atomic E-state index is 9.27. The van der Waals surface area contributed by atoms with E-state index < -0.39 is 54.4 Å². The van der Waals surface area contributed by atoms with E-state index in [1.165, 1.54) is 0 Å². The maximum Gasteiger partial charge on any atom is 0.0629 e. The van der Waals surface area contributed by atoms with Gasteiger partial charge in [-0.15, -0.1) is 0 Å². The van der Waals surface area contributed by atoms with Gasteiger partial charge in [0, 0.05) is 0 Å². The van der Waals surface area contributed by atoms with Gasteiger partial charge in [-0.1, -0.05) is 151 Å². The first kappa shape index (κ1) is 13.7. The van der Waals surface area contributed by atoms with E-state index >= 15 is 0 Å². The zero-order valence-electron chi connectivity index (χ0n) is 33.1. The van der Waals surface area contributed by atoms with Crippen LogP contribution in [0.2, 0.25) is 0 Å². The third kappa shape index (κ3) is 3.54. The van der Waals surface area contributed by atoms with Crippen LogP contribution in [0.5, 0.6) is 0 Å². The van der Waals surface area contributed by atoms with Crippen molar-refractivity contribution < 1.29 is 16.4 Å². The van der Waals surface area contributed by atoms with Gasteiger partial charge in [-0.2, -0.15) is 0 Å². The normalized spacial score (nSPS) is 15.7. The van der Waals surface area contributed by atoms with Crippen LogP contribution in [-0.4, -0.2) is 0 Å². The fourth-order valence-electron chi connectivity index (χ4n) is 5.69. The molecule has 0 radical (unpaired) electrons. The smallest absolute Gasteiger partial charge is 0.0622 e. The highest BCUT2D eigenvalue weighted by molar-refractivity contribution is 6.24. The summed E-state index contributed by atoms with van der Waals surface area (Å²) in [5.74, 6) is 0. The van der Waals surface area contributed by atoms with Gasteiger partial charge in [0.15, 0.2) is 0 Å². The molecule has 0 bridgehead atoms. The van der Waals surface area contributed by atoms with Gasteiger partial charge in [-0.3, -0.25) is 0 Å². The van der Waals surface area contributed by atoms with Crippen LogP contribution in [0.4, 0.5) is 0 Å². The number of benzene rings is 8. The van der Waals surface area contributed by atoms with Gasteiger partial charge in [0.05, 0.1) is 16.4 Å². The first-order valence-electron chi connectivity index (χ1n) is 18.9. The number of hydrogen-bond donors (Lipinski definition) is 0. The first-order valence-corrected chi connectivity index (χ1v) is 12.9. The van der Waals surface area contributed by atoms with Crippen molar-refractivity contribution in [3.8, 4) is 33.4 Å². The Bertz CT molecular complexity index is 2850. The average molecular weight is 519 g/mol. The third-order valence-electron chi connectivity index (χ3n) is 7.42. The average Bonchev–Trinajstić information content (AvgIpc) is 3.16. The Balaban J connectivity index is 1.61. The molecule has 8 rings (SSSR count). The molecule has 0 spiro atoms. The quantitative estimate of drug-likeness (QED) is 0.204. The van der Waals surface area contributed by atoms with Crippen LogP contribution in [-0.2, 0) is 0 Å². The Hall–Kier alpha value is -5.20. The van der Waals surface area contributed by atoms with E-state index in [0.717, 1.165) is 10.8 Å². The molecular formula is C40H26. The van der Waals surface area contributed by atoms with Crippen molar-refractivity contribution in [2.45, 2.75) is 0 Å². The molecule has 0 amide bonds. The molecule has 0 heterocycles. The molecule has 0 aliphatic heterocycles.